The maximum absolute atomic E-state index is 14.2. The number of thioether (sulfide) groups is 4. The lowest BCUT2D eigenvalue weighted by molar-refractivity contribution is 0.0730. The third-order valence-corrected chi connectivity index (χ3v) is 28.3. The first-order valence-corrected chi connectivity index (χ1v) is 47.6. The molecular weight excluding hydrogens is 1560 g/mol. The van der Waals surface area contributed by atoms with Crippen LogP contribution in [0.2, 0.25) is 0 Å². The van der Waals surface area contributed by atoms with Crippen LogP contribution in [-0.2, 0) is 97.8 Å². The fraction of sp³-hybridized carbons (Fsp3) is 0.418. The number of anilines is 1. The van der Waals surface area contributed by atoms with Gasteiger partial charge in [0.25, 0.3) is 0 Å². The van der Waals surface area contributed by atoms with Crippen LogP contribution in [0.5, 0.6) is 17.2 Å². The summed E-state index contributed by atoms with van der Waals surface area (Å²) in [5, 5.41) is 0.752. The summed E-state index contributed by atoms with van der Waals surface area (Å²) in [5.74, 6) is 4.43. The molecule has 0 saturated heterocycles. The lowest BCUT2D eigenvalue weighted by Gasteiger charge is -2.37. The second kappa shape index (κ2) is 35.4. The third kappa shape index (κ3) is 22.3. The average Bonchev–Trinajstić information content (AvgIpc) is 1.34. The predicted octanol–water partition coefficient (Wildman–Crippen LogP) is 29.8. The molecule has 0 saturated carbocycles. The summed E-state index contributed by atoms with van der Waals surface area (Å²) in [6.07, 6.45) is 3.83. The zero-order valence-electron chi connectivity index (χ0n) is 77.0. The molecule has 0 fully saturated rings. The molecule has 0 aliphatic carbocycles. The third-order valence-electron chi connectivity index (χ3n) is 24.2. The number of ether oxygens (including phenoxy) is 3. The largest absolute Gasteiger partial charge is 0.489 e. The van der Waals surface area contributed by atoms with Crippen molar-refractivity contribution in [2.24, 2.45) is 0 Å². The smallest absolute Gasteiger partial charge is 0.351 e. The molecule has 0 spiro atoms. The molecule has 11 aromatic rings. The van der Waals surface area contributed by atoms with E-state index in [2.05, 4.69) is 342 Å². The number of hydrogen-bond donors (Lipinski definition) is 0. The van der Waals surface area contributed by atoms with Gasteiger partial charge in [0, 0.05) is 77.7 Å². The van der Waals surface area contributed by atoms with Crippen molar-refractivity contribution in [3.63, 3.8) is 0 Å². The van der Waals surface area contributed by atoms with Crippen molar-refractivity contribution in [3.8, 4) is 17.2 Å². The van der Waals surface area contributed by atoms with Crippen LogP contribution < -0.4 is 24.7 Å². The maximum atomic E-state index is 14.2. The molecule has 13 rings (SSSR count). The van der Waals surface area contributed by atoms with E-state index in [1.54, 1.807) is 6.07 Å². The van der Waals surface area contributed by atoms with Crippen molar-refractivity contribution >= 4 is 69.7 Å². The lowest BCUT2D eigenvalue weighted by Crippen LogP contribution is -2.34. The van der Waals surface area contributed by atoms with Crippen molar-refractivity contribution in [1.29, 1.82) is 0 Å². The molecule has 0 N–H and O–H groups in total. The van der Waals surface area contributed by atoms with E-state index in [0.29, 0.717) is 24.5 Å². The molecule has 2 aliphatic rings. The first-order valence-electron chi connectivity index (χ1n) is 43.6. The molecule has 121 heavy (non-hydrogen) atoms. The van der Waals surface area contributed by atoms with Crippen LogP contribution in [0.4, 0.5) is 5.69 Å². The van der Waals surface area contributed by atoms with E-state index in [0.717, 1.165) is 112 Å². The Hall–Kier alpha value is -8.32. The van der Waals surface area contributed by atoms with Crippen LogP contribution in [-0.4, -0.2) is 19.1 Å². The van der Waals surface area contributed by atoms with Crippen molar-refractivity contribution in [3.05, 3.63) is 316 Å². The van der Waals surface area contributed by atoms with Crippen LogP contribution in [0.1, 0.15) is 302 Å². The van der Waals surface area contributed by atoms with Crippen LogP contribution in [0, 0.1) is 0 Å². The van der Waals surface area contributed by atoms with Crippen molar-refractivity contribution in [2.75, 3.05) is 18.0 Å². The minimum Gasteiger partial charge on any atom is -0.489 e. The quantitative estimate of drug-likeness (QED) is 0.0202. The first kappa shape index (κ1) is 90.4. The molecule has 0 atom stereocenters. The van der Waals surface area contributed by atoms with Gasteiger partial charge in [0.2, 0.25) is 0 Å². The fourth-order valence-electron chi connectivity index (χ4n) is 16.2. The van der Waals surface area contributed by atoms with E-state index >= 15 is 0 Å². The van der Waals surface area contributed by atoms with Gasteiger partial charge >= 0.3 is 11.6 Å². The molecule has 1 aromatic heterocycles. The standard InChI is InChI=1S/C110H131NO6S4/c1-102(2,3)81-44-72(45-82(58-81)103(4,5)6)66-118-92-52-70(53-93(62-92)119-67-73-46-83(104(7,8)9)59-84(47-73)105(10,11)12)64-114-89-36-30-78(31-37-89)110(25,80-34-40-91(41-35-80)116-100(112)97-57-77-56-76-28-26-42-111-43-27-29-96(98(76)111)99(77)117-101(97)113)79-32-38-90(39-33-79)115-65-71-54-94(120-68-74-48-85(106(13,14)15)60-86(49-74)107(16,17)18)63-95(55-71)121-69-75-50-87(108(19,20)21)61-88(51-75)109(22,23)24/h30-41,44-63H,26-29,42-43,64-69H2,1-25H3. The Balaban J connectivity index is 0.804. The van der Waals surface area contributed by atoms with Crippen LogP contribution in [0.3, 0.4) is 0 Å². The fourth-order valence-corrected chi connectivity index (χ4v) is 20.1. The highest BCUT2D eigenvalue weighted by atomic mass is 32.2. The number of fused-ring (bicyclic) bond motifs is 2. The Morgan fingerprint density at radius 3 is 0.942 bits per heavy atom. The molecule has 0 amide bonds. The second-order valence-corrected chi connectivity index (χ2v) is 46.7. The highest BCUT2D eigenvalue weighted by Gasteiger charge is 2.34. The number of esters is 1. The minimum absolute atomic E-state index is 0.0139. The van der Waals surface area contributed by atoms with E-state index in [-0.39, 0.29) is 48.9 Å². The average molecular weight is 1690 g/mol. The van der Waals surface area contributed by atoms with Gasteiger partial charge in [0.15, 0.2) is 0 Å². The van der Waals surface area contributed by atoms with Gasteiger partial charge < -0.3 is 23.5 Å². The van der Waals surface area contributed by atoms with Crippen molar-refractivity contribution in [2.45, 2.75) is 303 Å². The summed E-state index contributed by atoms with van der Waals surface area (Å²) in [5.41, 5.74) is 24.1. The first-order chi connectivity index (χ1) is 56.6. The van der Waals surface area contributed by atoms with Crippen molar-refractivity contribution < 1.29 is 23.4 Å². The number of benzene rings is 10. The zero-order valence-corrected chi connectivity index (χ0v) is 80.3. The minimum atomic E-state index is -0.757. The number of hydrogen-bond acceptors (Lipinski definition) is 11. The molecule has 0 unspecified atom stereocenters. The highest BCUT2D eigenvalue weighted by molar-refractivity contribution is 7.99. The number of carbonyl (C=O) groups excluding carboxylic acids is 1. The topological polar surface area (TPSA) is 78.2 Å². The molecule has 11 heteroatoms. The monoisotopic (exact) mass is 1690 g/mol. The summed E-state index contributed by atoms with van der Waals surface area (Å²) in [6.45, 7) is 60.5. The SMILES string of the molecule is CC(C)(C)c1cc(CSc2cc(COc3ccc(C(C)(c4ccc(OCc5cc(SCc6cc(C(C)(C)C)cc(C(C)(C)C)c6)cc(SCc6cc(C(C)(C)C)cc(C(C)(C)C)c6)c5)cc4)c4ccc(OC(=O)c5cc6cc7c8c(c6oc5=O)CCCN8CCC7)cc4)cc3)cc(SCc3cc(C(C)(C)C)cc(C(C)(C)C)c3)c2)cc(C(C)(C)C)c1. The van der Waals surface area contributed by atoms with Gasteiger partial charge in [-0.05, 0) is 261 Å². The molecule has 0 radical (unpaired) electrons. The Labute approximate surface area is 741 Å². The molecule has 10 aromatic carbocycles. The Morgan fingerprint density at radius 1 is 0.339 bits per heavy atom. The van der Waals surface area contributed by atoms with E-state index in [4.69, 9.17) is 18.6 Å². The van der Waals surface area contributed by atoms with E-state index in [1.807, 2.05) is 71.3 Å². The maximum Gasteiger partial charge on any atom is 0.351 e. The summed E-state index contributed by atoms with van der Waals surface area (Å²) < 4.78 is 26.0. The molecule has 3 heterocycles. The summed E-state index contributed by atoms with van der Waals surface area (Å²) in [4.78, 5) is 35.4. The van der Waals surface area contributed by atoms with Crippen LogP contribution in [0.25, 0.3) is 11.0 Å². The Bertz CT molecular complexity index is 5070. The number of carbonyl (C=O) groups is 1. The van der Waals surface area contributed by atoms with Gasteiger partial charge in [-0.25, -0.2) is 9.59 Å². The van der Waals surface area contributed by atoms with Gasteiger partial charge in [-0.3, -0.25) is 0 Å². The van der Waals surface area contributed by atoms with E-state index < -0.39 is 17.0 Å². The summed E-state index contributed by atoms with van der Waals surface area (Å²) in [6, 6.07) is 71.5. The van der Waals surface area contributed by atoms with E-state index in [9.17, 15) is 9.59 Å². The molecular formula is C110H131NO6S4. The molecule has 2 aliphatic heterocycles. The molecule has 0 bridgehead atoms. The summed E-state index contributed by atoms with van der Waals surface area (Å²) >= 11 is 7.57. The van der Waals surface area contributed by atoms with Gasteiger partial charge in [0.05, 0.1) is 0 Å². The van der Waals surface area contributed by atoms with Gasteiger partial charge in [-0.15, -0.1) is 47.0 Å². The molecule has 636 valence electrons. The van der Waals surface area contributed by atoms with Crippen LogP contribution >= 0.6 is 47.0 Å². The van der Waals surface area contributed by atoms with Gasteiger partial charge in [-0.1, -0.05) is 275 Å². The Kier molecular flexibility index (Phi) is 26.4. The van der Waals surface area contributed by atoms with Crippen LogP contribution in [0.15, 0.2) is 223 Å². The summed E-state index contributed by atoms with van der Waals surface area (Å²) in [7, 11) is 0. The predicted molar refractivity (Wildman–Crippen MR) is 516 cm³/mol. The number of nitrogens with zero attached hydrogens (tertiary/aromatic N) is 1. The number of aryl methyl sites for hydroxylation is 2. The number of rotatable bonds is 23. The Morgan fingerprint density at radius 2 is 0.636 bits per heavy atom. The second-order valence-electron chi connectivity index (χ2n) is 42.5. The normalized spacial score (nSPS) is 13.8. The zero-order chi connectivity index (χ0) is 87.3. The highest BCUT2D eigenvalue weighted by Crippen LogP contribution is 2.46. The van der Waals surface area contributed by atoms with Gasteiger partial charge in [-0.2, -0.15) is 0 Å². The lowest BCUT2D eigenvalue weighted by atomic mass is 9.71. The molecule has 7 nitrogen and oxygen atoms in total. The van der Waals surface area contributed by atoms with E-state index in [1.165, 1.54) is 97.6 Å². The van der Waals surface area contributed by atoms with Crippen molar-refractivity contribution in [1.82, 2.24) is 0 Å². The van der Waals surface area contributed by atoms with Gasteiger partial charge in [0.1, 0.15) is 41.6 Å².